The van der Waals surface area contributed by atoms with Gasteiger partial charge in [-0.15, -0.1) is 0 Å². The van der Waals surface area contributed by atoms with Crippen molar-refractivity contribution >= 4 is 27.3 Å². The van der Waals surface area contributed by atoms with Crippen LogP contribution in [0.2, 0.25) is 5.02 Å². The zero-order chi connectivity index (χ0) is 15.5. The van der Waals surface area contributed by atoms with Crippen LogP contribution in [0.4, 0.5) is 10.1 Å². The lowest BCUT2D eigenvalue weighted by atomic mass is 10.2. The number of nitrogens with two attached hydrogens (primary N) is 1. The summed E-state index contributed by atoms with van der Waals surface area (Å²) in [6, 6.07) is 5.73. The van der Waals surface area contributed by atoms with Crippen LogP contribution in [-0.4, -0.2) is 19.9 Å². The molecule has 0 atom stereocenters. The van der Waals surface area contributed by atoms with Gasteiger partial charge in [0.05, 0.1) is 5.69 Å². The van der Waals surface area contributed by atoms with Crippen LogP contribution in [0, 0.1) is 5.82 Å². The van der Waals surface area contributed by atoms with Crippen molar-refractivity contribution in [3.8, 4) is 0 Å². The maximum Gasteiger partial charge on any atom is 0.243 e. The second-order valence-corrected chi connectivity index (χ2v) is 6.48. The first-order valence-electron chi connectivity index (χ1n) is 6.03. The van der Waals surface area contributed by atoms with Gasteiger partial charge in [-0.3, -0.25) is 4.98 Å². The summed E-state index contributed by atoms with van der Waals surface area (Å²) in [5, 5.41) is 0.0587. The Labute approximate surface area is 127 Å². The number of sulfonamides is 1. The summed E-state index contributed by atoms with van der Waals surface area (Å²) >= 11 is 5.71. The van der Waals surface area contributed by atoms with E-state index in [1.165, 1.54) is 0 Å². The number of halogens is 2. The molecule has 0 amide bonds. The van der Waals surface area contributed by atoms with Gasteiger partial charge in [0.1, 0.15) is 4.90 Å². The Balaban J connectivity index is 2.12. The fourth-order valence-corrected chi connectivity index (χ4v) is 3.19. The fraction of sp³-hybridized carbons (Fsp3) is 0.154. The summed E-state index contributed by atoms with van der Waals surface area (Å²) in [5.41, 5.74) is 5.99. The van der Waals surface area contributed by atoms with E-state index in [-0.39, 0.29) is 17.3 Å². The van der Waals surface area contributed by atoms with Gasteiger partial charge in [-0.1, -0.05) is 11.6 Å². The zero-order valence-corrected chi connectivity index (χ0v) is 12.5. The van der Waals surface area contributed by atoms with Crippen molar-refractivity contribution in [3.05, 3.63) is 53.1 Å². The van der Waals surface area contributed by atoms with E-state index in [9.17, 15) is 12.8 Å². The molecule has 0 spiro atoms. The number of hydrogen-bond acceptors (Lipinski definition) is 4. The third kappa shape index (κ3) is 3.90. The molecule has 0 aliphatic rings. The number of anilines is 1. The molecule has 2 aromatic rings. The molecular formula is C13H13ClFN3O2S. The normalized spacial score (nSPS) is 11.5. The number of nitrogens with one attached hydrogen (secondary N) is 1. The molecule has 112 valence electrons. The largest absolute Gasteiger partial charge is 0.396 e. The van der Waals surface area contributed by atoms with E-state index < -0.39 is 20.7 Å². The Hall–Kier alpha value is -1.70. The molecule has 5 nitrogen and oxygen atoms in total. The minimum Gasteiger partial charge on any atom is -0.396 e. The number of aromatic nitrogens is 1. The molecule has 0 radical (unpaired) electrons. The molecule has 0 unspecified atom stereocenters. The minimum atomic E-state index is -4.01. The molecule has 1 aromatic heterocycles. The van der Waals surface area contributed by atoms with Crippen molar-refractivity contribution in [1.82, 2.24) is 9.71 Å². The van der Waals surface area contributed by atoms with Gasteiger partial charge in [-0.05, 0) is 36.2 Å². The van der Waals surface area contributed by atoms with Crippen molar-refractivity contribution in [2.24, 2.45) is 0 Å². The number of rotatable bonds is 5. The molecule has 8 heteroatoms. The molecule has 0 fully saturated rings. The van der Waals surface area contributed by atoms with Crippen LogP contribution < -0.4 is 10.5 Å². The average molecular weight is 330 g/mol. The zero-order valence-electron chi connectivity index (χ0n) is 10.9. The summed E-state index contributed by atoms with van der Waals surface area (Å²) in [5.74, 6) is -1.00. The molecule has 0 aliphatic heterocycles. The molecule has 0 aliphatic carbocycles. The highest BCUT2D eigenvalue weighted by Gasteiger charge is 2.21. The van der Waals surface area contributed by atoms with E-state index in [0.717, 1.165) is 17.7 Å². The quantitative estimate of drug-likeness (QED) is 0.821. The predicted molar refractivity (Wildman–Crippen MR) is 79.0 cm³/mol. The minimum absolute atomic E-state index is 0.0587. The van der Waals surface area contributed by atoms with Crippen molar-refractivity contribution in [1.29, 1.82) is 0 Å². The van der Waals surface area contributed by atoms with E-state index in [2.05, 4.69) is 9.71 Å². The summed E-state index contributed by atoms with van der Waals surface area (Å²) in [6.07, 6.45) is 3.68. The second kappa shape index (κ2) is 6.38. The lowest BCUT2D eigenvalue weighted by molar-refractivity contribution is 0.559. The predicted octanol–water partition coefficient (Wildman–Crippen LogP) is 1.98. The lowest BCUT2D eigenvalue weighted by Crippen LogP contribution is -2.27. The molecule has 1 heterocycles. The maximum atomic E-state index is 13.8. The van der Waals surface area contributed by atoms with Gasteiger partial charge in [0.15, 0.2) is 5.82 Å². The summed E-state index contributed by atoms with van der Waals surface area (Å²) < 4.78 is 40.3. The number of benzene rings is 1. The number of nitrogen functional groups attached to an aromatic ring is 1. The van der Waals surface area contributed by atoms with E-state index in [1.807, 2.05) is 0 Å². The van der Waals surface area contributed by atoms with Gasteiger partial charge in [-0.2, -0.15) is 0 Å². The van der Waals surface area contributed by atoms with Crippen LogP contribution in [0.1, 0.15) is 5.56 Å². The van der Waals surface area contributed by atoms with E-state index >= 15 is 0 Å². The topological polar surface area (TPSA) is 85.1 Å². The van der Waals surface area contributed by atoms with E-state index in [4.69, 9.17) is 17.3 Å². The Kier molecular flexibility index (Phi) is 4.76. The average Bonchev–Trinajstić information content (AvgIpc) is 2.43. The molecule has 0 saturated heterocycles. The lowest BCUT2D eigenvalue weighted by Gasteiger charge is -2.09. The van der Waals surface area contributed by atoms with Crippen molar-refractivity contribution in [3.63, 3.8) is 0 Å². The van der Waals surface area contributed by atoms with Crippen LogP contribution in [-0.2, 0) is 16.4 Å². The second-order valence-electron chi connectivity index (χ2n) is 4.31. The molecule has 1 aromatic carbocycles. The summed E-state index contributed by atoms with van der Waals surface area (Å²) in [6.45, 7) is 0.123. The highest BCUT2D eigenvalue weighted by Crippen LogP contribution is 2.25. The van der Waals surface area contributed by atoms with Gasteiger partial charge in [0, 0.05) is 24.0 Å². The summed E-state index contributed by atoms with van der Waals surface area (Å²) in [7, 11) is -4.01. The van der Waals surface area contributed by atoms with Crippen LogP contribution in [0.25, 0.3) is 0 Å². The molecule has 21 heavy (non-hydrogen) atoms. The van der Waals surface area contributed by atoms with Crippen LogP contribution in [0.5, 0.6) is 0 Å². The Bertz CT molecular complexity index is 739. The Morgan fingerprint density at radius 1 is 1.29 bits per heavy atom. The van der Waals surface area contributed by atoms with Crippen LogP contribution in [0.3, 0.4) is 0 Å². The van der Waals surface area contributed by atoms with Gasteiger partial charge in [-0.25, -0.2) is 17.5 Å². The van der Waals surface area contributed by atoms with Crippen molar-refractivity contribution < 1.29 is 12.8 Å². The third-order valence-corrected chi connectivity index (χ3v) is 4.46. The number of hydrogen-bond donors (Lipinski definition) is 2. The molecule has 3 N–H and O–H groups in total. The van der Waals surface area contributed by atoms with Gasteiger partial charge in [0.25, 0.3) is 0 Å². The van der Waals surface area contributed by atoms with Gasteiger partial charge >= 0.3 is 0 Å². The maximum absolute atomic E-state index is 13.8. The molecular weight excluding hydrogens is 317 g/mol. The van der Waals surface area contributed by atoms with E-state index in [0.29, 0.717) is 6.42 Å². The first-order chi connectivity index (χ1) is 9.90. The fourth-order valence-electron chi connectivity index (χ4n) is 1.74. The number of pyridine rings is 1. The highest BCUT2D eigenvalue weighted by atomic mass is 35.5. The molecule has 0 bridgehead atoms. The standard InChI is InChI=1S/C13H13ClFN3O2S/c14-10-7-11(16)13(15)12(8-10)21(19,20)18-6-3-9-1-4-17-5-2-9/h1-2,4-5,7-8,18H,3,6,16H2. The Morgan fingerprint density at radius 3 is 2.62 bits per heavy atom. The van der Waals surface area contributed by atoms with Crippen LogP contribution >= 0.6 is 11.6 Å². The SMILES string of the molecule is Nc1cc(Cl)cc(S(=O)(=O)NCCc2ccncc2)c1F. The molecule has 0 saturated carbocycles. The number of nitrogens with zero attached hydrogens (tertiary/aromatic N) is 1. The smallest absolute Gasteiger partial charge is 0.243 e. The van der Waals surface area contributed by atoms with E-state index in [1.54, 1.807) is 24.5 Å². The monoisotopic (exact) mass is 329 g/mol. The van der Waals surface area contributed by atoms with Crippen LogP contribution in [0.15, 0.2) is 41.6 Å². The van der Waals surface area contributed by atoms with Gasteiger partial charge in [0.2, 0.25) is 10.0 Å². The Morgan fingerprint density at radius 2 is 1.95 bits per heavy atom. The van der Waals surface area contributed by atoms with Crippen molar-refractivity contribution in [2.75, 3.05) is 12.3 Å². The van der Waals surface area contributed by atoms with Gasteiger partial charge < -0.3 is 5.73 Å². The third-order valence-electron chi connectivity index (χ3n) is 2.78. The molecule has 2 rings (SSSR count). The first-order valence-corrected chi connectivity index (χ1v) is 7.89. The van der Waals surface area contributed by atoms with Crippen molar-refractivity contribution in [2.45, 2.75) is 11.3 Å². The summed E-state index contributed by atoms with van der Waals surface area (Å²) in [4.78, 5) is 3.31. The highest BCUT2D eigenvalue weighted by molar-refractivity contribution is 7.89. The first kappa shape index (κ1) is 15.7.